The molecule has 0 radical (unpaired) electrons. The molecule has 1 amide bonds. The first-order valence-corrected chi connectivity index (χ1v) is 9.88. The maximum atomic E-state index is 13.0. The molecule has 0 unspecified atom stereocenters. The summed E-state index contributed by atoms with van der Waals surface area (Å²) in [5.41, 5.74) is 1.86. The van der Waals surface area contributed by atoms with Crippen molar-refractivity contribution >= 4 is 28.9 Å². The van der Waals surface area contributed by atoms with Crippen molar-refractivity contribution in [2.45, 2.75) is 6.54 Å². The first-order chi connectivity index (χ1) is 13.6. The van der Waals surface area contributed by atoms with Crippen LogP contribution in [-0.4, -0.2) is 47.1 Å². The third-order valence-electron chi connectivity index (χ3n) is 4.74. The molecular weight excluding hydrogens is 380 g/mol. The highest BCUT2D eigenvalue weighted by atomic mass is 32.2. The van der Waals surface area contributed by atoms with Gasteiger partial charge in [-0.1, -0.05) is 24.3 Å². The van der Waals surface area contributed by atoms with E-state index in [1.165, 1.54) is 36.0 Å². The van der Waals surface area contributed by atoms with E-state index in [-0.39, 0.29) is 17.5 Å². The van der Waals surface area contributed by atoms with Crippen molar-refractivity contribution in [3.8, 4) is 0 Å². The zero-order valence-electron chi connectivity index (χ0n) is 15.1. The Morgan fingerprint density at radius 3 is 2.18 bits per heavy atom. The van der Waals surface area contributed by atoms with Gasteiger partial charge in [-0.25, -0.2) is 8.78 Å². The summed E-state index contributed by atoms with van der Waals surface area (Å²) >= 11 is 1.36. The average molecular weight is 399 g/mol. The smallest absolute Gasteiger partial charge is 0.286 e. The Morgan fingerprint density at radius 1 is 0.929 bits per heavy atom. The van der Waals surface area contributed by atoms with Gasteiger partial charge >= 0.3 is 0 Å². The zero-order chi connectivity index (χ0) is 19.5. The molecule has 28 heavy (non-hydrogen) atoms. The highest BCUT2D eigenvalue weighted by Gasteiger charge is 2.28. The number of aliphatic imine (C=N–C) groups is 1. The van der Waals surface area contributed by atoms with E-state index in [0.29, 0.717) is 4.91 Å². The Hall–Kier alpha value is -2.51. The van der Waals surface area contributed by atoms with Crippen LogP contribution in [-0.2, 0) is 11.3 Å². The lowest BCUT2D eigenvalue weighted by atomic mass is 10.2. The zero-order valence-corrected chi connectivity index (χ0v) is 16.0. The summed E-state index contributed by atoms with van der Waals surface area (Å²) in [5.74, 6) is -0.778. The number of nitrogens with zero attached hydrogens (tertiary/aromatic N) is 3. The number of thioether (sulfide) groups is 1. The summed E-state index contributed by atoms with van der Waals surface area (Å²) in [6, 6.07) is 12.6. The molecule has 2 aromatic rings. The third kappa shape index (κ3) is 4.48. The van der Waals surface area contributed by atoms with Gasteiger partial charge in [-0.2, -0.15) is 4.99 Å². The van der Waals surface area contributed by atoms with Gasteiger partial charge in [0.05, 0.1) is 4.91 Å². The van der Waals surface area contributed by atoms with E-state index in [4.69, 9.17) is 0 Å². The molecule has 0 aromatic heterocycles. The molecule has 144 valence electrons. The van der Waals surface area contributed by atoms with Crippen LogP contribution in [0.3, 0.4) is 0 Å². The van der Waals surface area contributed by atoms with Gasteiger partial charge < -0.3 is 4.90 Å². The van der Waals surface area contributed by atoms with E-state index in [0.717, 1.165) is 49.0 Å². The van der Waals surface area contributed by atoms with E-state index in [9.17, 15) is 13.6 Å². The number of carbonyl (C=O) groups excluding carboxylic acids is 1. The van der Waals surface area contributed by atoms with Crippen LogP contribution in [0.1, 0.15) is 11.1 Å². The third-order valence-corrected chi connectivity index (χ3v) is 5.78. The standard InChI is InChI=1S/C21H19F2N3OS/c22-17-5-1-15(2-6-17)13-19-20(27)24-21(28-19)26-11-9-25(10-12-26)14-16-3-7-18(23)8-4-16/h1-8,13H,9-12,14H2/b19-13+. The van der Waals surface area contributed by atoms with Gasteiger partial charge in [0, 0.05) is 32.7 Å². The van der Waals surface area contributed by atoms with Crippen LogP contribution < -0.4 is 0 Å². The van der Waals surface area contributed by atoms with Crippen molar-refractivity contribution in [1.29, 1.82) is 0 Å². The number of rotatable bonds is 3. The molecule has 2 aliphatic rings. The number of amidine groups is 1. The molecule has 2 aromatic carbocycles. The van der Waals surface area contributed by atoms with Crippen LogP contribution >= 0.6 is 11.8 Å². The molecule has 4 rings (SSSR count). The van der Waals surface area contributed by atoms with Crippen LogP contribution in [0.5, 0.6) is 0 Å². The number of hydrogen-bond donors (Lipinski definition) is 0. The Balaban J connectivity index is 1.33. The lowest BCUT2D eigenvalue weighted by molar-refractivity contribution is -0.113. The summed E-state index contributed by atoms with van der Waals surface area (Å²) in [7, 11) is 0. The van der Waals surface area contributed by atoms with E-state index < -0.39 is 0 Å². The van der Waals surface area contributed by atoms with Crippen molar-refractivity contribution in [2.75, 3.05) is 26.2 Å². The average Bonchev–Trinajstić information content (AvgIpc) is 3.06. The molecule has 0 spiro atoms. The molecule has 0 bridgehead atoms. The fourth-order valence-electron chi connectivity index (χ4n) is 3.19. The maximum Gasteiger partial charge on any atom is 0.286 e. The van der Waals surface area contributed by atoms with Gasteiger partial charge in [0.25, 0.3) is 5.91 Å². The fraction of sp³-hybridized carbons (Fsp3) is 0.238. The van der Waals surface area contributed by atoms with Crippen LogP contribution in [0.4, 0.5) is 8.78 Å². The van der Waals surface area contributed by atoms with Crippen molar-refractivity contribution in [3.63, 3.8) is 0 Å². The highest BCUT2D eigenvalue weighted by Crippen LogP contribution is 2.30. The van der Waals surface area contributed by atoms with Gasteiger partial charge in [-0.05, 0) is 53.2 Å². The minimum absolute atomic E-state index is 0.223. The second kappa shape index (κ2) is 8.24. The van der Waals surface area contributed by atoms with E-state index in [1.54, 1.807) is 18.2 Å². The molecule has 2 aliphatic heterocycles. The number of hydrogen-bond acceptors (Lipinski definition) is 4. The monoisotopic (exact) mass is 399 g/mol. The molecular formula is C21H19F2N3OS. The van der Waals surface area contributed by atoms with Gasteiger partial charge in [-0.15, -0.1) is 0 Å². The highest BCUT2D eigenvalue weighted by molar-refractivity contribution is 8.18. The first kappa shape index (κ1) is 18.8. The Bertz CT molecular complexity index is 918. The predicted molar refractivity (Wildman–Crippen MR) is 108 cm³/mol. The topological polar surface area (TPSA) is 35.9 Å². The number of piperazine rings is 1. The van der Waals surface area contributed by atoms with E-state index >= 15 is 0 Å². The lowest BCUT2D eigenvalue weighted by Crippen LogP contribution is -2.47. The fourth-order valence-corrected chi connectivity index (χ4v) is 4.15. The maximum absolute atomic E-state index is 13.0. The molecule has 1 fully saturated rings. The van der Waals surface area contributed by atoms with Crippen molar-refractivity contribution in [2.24, 2.45) is 4.99 Å². The summed E-state index contributed by atoms with van der Waals surface area (Å²) in [4.78, 5) is 21.4. The van der Waals surface area contributed by atoms with Crippen LogP contribution in [0.2, 0.25) is 0 Å². The molecule has 2 heterocycles. The van der Waals surface area contributed by atoms with Gasteiger partial charge in [0.1, 0.15) is 11.6 Å². The van der Waals surface area contributed by atoms with Crippen LogP contribution in [0, 0.1) is 11.6 Å². The second-order valence-corrected chi connectivity index (χ2v) is 7.76. The van der Waals surface area contributed by atoms with Crippen molar-refractivity contribution in [3.05, 3.63) is 76.2 Å². The Morgan fingerprint density at radius 2 is 1.54 bits per heavy atom. The van der Waals surface area contributed by atoms with Crippen LogP contribution in [0.25, 0.3) is 6.08 Å². The lowest BCUT2D eigenvalue weighted by Gasteiger charge is -2.35. The minimum Gasteiger partial charge on any atom is -0.348 e. The number of carbonyl (C=O) groups is 1. The van der Waals surface area contributed by atoms with Crippen molar-refractivity contribution in [1.82, 2.24) is 9.80 Å². The summed E-state index contributed by atoms with van der Waals surface area (Å²) in [6.45, 7) is 4.04. The predicted octanol–water partition coefficient (Wildman–Crippen LogP) is 3.75. The van der Waals surface area contributed by atoms with E-state index in [1.807, 2.05) is 12.1 Å². The van der Waals surface area contributed by atoms with Crippen LogP contribution in [0.15, 0.2) is 58.4 Å². The Labute approximate surface area is 166 Å². The molecule has 4 nitrogen and oxygen atoms in total. The van der Waals surface area contributed by atoms with Gasteiger partial charge in [0.2, 0.25) is 0 Å². The Kier molecular flexibility index (Phi) is 5.54. The molecule has 0 atom stereocenters. The summed E-state index contributed by atoms with van der Waals surface area (Å²) in [6.07, 6.45) is 1.74. The minimum atomic E-state index is -0.303. The summed E-state index contributed by atoms with van der Waals surface area (Å²) < 4.78 is 26.0. The quantitative estimate of drug-likeness (QED) is 0.737. The molecule has 1 saturated heterocycles. The number of halogens is 2. The van der Waals surface area contributed by atoms with E-state index in [2.05, 4.69) is 14.8 Å². The molecule has 0 saturated carbocycles. The molecule has 0 N–H and O–H groups in total. The number of benzene rings is 2. The molecule has 7 heteroatoms. The van der Waals surface area contributed by atoms with Crippen molar-refractivity contribution < 1.29 is 13.6 Å². The number of amides is 1. The largest absolute Gasteiger partial charge is 0.348 e. The normalized spacial score (nSPS) is 19.4. The van der Waals surface area contributed by atoms with Gasteiger partial charge in [-0.3, -0.25) is 9.69 Å². The summed E-state index contributed by atoms with van der Waals surface area (Å²) in [5, 5.41) is 0.722. The molecule has 0 aliphatic carbocycles. The first-order valence-electron chi connectivity index (χ1n) is 9.07. The second-order valence-electron chi connectivity index (χ2n) is 6.75. The SMILES string of the molecule is O=C1N=C(N2CCN(Cc3ccc(F)cc3)CC2)S/C1=C/c1ccc(F)cc1. The van der Waals surface area contributed by atoms with Gasteiger partial charge in [0.15, 0.2) is 5.17 Å².